The summed E-state index contributed by atoms with van der Waals surface area (Å²) in [6, 6.07) is 6.73. The van der Waals surface area contributed by atoms with Gasteiger partial charge in [-0.2, -0.15) is 5.10 Å². The molecule has 1 aromatic carbocycles. The Bertz CT molecular complexity index is 754. The molecule has 0 radical (unpaired) electrons. The molecule has 0 saturated carbocycles. The van der Waals surface area contributed by atoms with Crippen LogP contribution in [0.15, 0.2) is 42.9 Å². The van der Waals surface area contributed by atoms with Gasteiger partial charge in [0.15, 0.2) is 0 Å². The lowest BCUT2D eigenvalue weighted by molar-refractivity contribution is 0.0735. The fraction of sp³-hybridized carbons (Fsp3) is 0. The third-order valence-corrected chi connectivity index (χ3v) is 2.92. The Morgan fingerprint density at radius 3 is 3.00 bits per heavy atom. The summed E-state index contributed by atoms with van der Waals surface area (Å²) in [5.74, 6) is -0.0964. The molecule has 94 valence electrons. The number of aromatic nitrogens is 3. The van der Waals surface area contributed by atoms with E-state index in [-0.39, 0.29) is 10.6 Å². The van der Waals surface area contributed by atoms with Gasteiger partial charge in [-0.05, 0) is 18.2 Å². The van der Waals surface area contributed by atoms with Crippen molar-refractivity contribution in [1.29, 1.82) is 0 Å². The standard InChI is InChI=1S/C13H8ClN3O2/c14-11-7-15-4-3-10(11)13(18)19-9-2-1-8-6-16-17-12(8)5-9/h1-7H,(H,16,17). The summed E-state index contributed by atoms with van der Waals surface area (Å²) in [5.41, 5.74) is 1.08. The van der Waals surface area contributed by atoms with Crippen LogP contribution >= 0.6 is 11.6 Å². The molecular weight excluding hydrogens is 266 g/mol. The Kier molecular flexibility index (Phi) is 2.89. The van der Waals surface area contributed by atoms with Crippen molar-refractivity contribution >= 4 is 28.5 Å². The minimum Gasteiger partial charge on any atom is -0.423 e. The summed E-state index contributed by atoms with van der Waals surface area (Å²) >= 11 is 5.88. The van der Waals surface area contributed by atoms with E-state index in [9.17, 15) is 4.79 Å². The maximum absolute atomic E-state index is 11.9. The first kappa shape index (κ1) is 11.7. The molecular formula is C13H8ClN3O2. The third-order valence-electron chi connectivity index (χ3n) is 2.62. The second kappa shape index (κ2) is 4.70. The van der Waals surface area contributed by atoms with Crippen LogP contribution in [0.1, 0.15) is 10.4 Å². The first-order valence-corrected chi connectivity index (χ1v) is 5.86. The molecule has 19 heavy (non-hydrogen) atoms. The summed E-state index contributed by atoms with van der Waals surface area (Å²) in [6.45, 7) is 0. The van der Waals surface area contributed by atoms with Crippen molar-refractivity contribution in [3.63, 3.8) is 0 Å². The molecule has 6 heteroatoms. The molecule has 0 atom stereocenters. The number of carbonyl (C=O) groups excluding carboxylic acids is 1. The van der Waals surface area contributed by atoms with Crippen molar-refractivity contribution in [2.45, 2.75) is 0 Å². The van der Waals surface area contributed by atoms with Gasteiger partial charge in [-0.3, -0.25) is 10.1 Å². The largest absolute Gasteiger partial charge is 0.423 e. The lowest BCUT2D eigenvalue weighted by Crippen LogP contribution is -2.09. The minimum atomic E-state index is -0.522. The van der Waals surface area contributed by atoms with E-state index in [1.807, 2.05) is 6.07 Å². The van der Waals surface area contributed by atoms with Gasteiger partial charge in [-0.1, -0.05) is 11.6 Å². The molecule has 3 aromatic rings. The van der Waals surface area contributed by atoms with Crippen LogP contribution in [0.2, 0.25) is 5.02 Å². The molecule has 1 N–H and O–H groups in total. The Labute approximate surface area is 113 Å². The molecule has 3 rings (SSSR count). The van der Waals surface area contributed by atoms with Crippen LogP contribution in [-0.4, -0.2) is 21.2 Å². The first-order chi connectivity index (χ1) is 9.24. The van der Waals surface area contributed by atoms with E-state index in [4.69, 9.17) is 16.3 Å². The molecule has 0 aliphatic rings. The number of hydrogen-bond donors (Lipinski definition) is 1. The molecule has 0 bridgehead atoms. The lowest BCUT2D eigenvalue weighted by atomic mass is 10.2. The van der Waals surface area contributed by atoms with Gasteiger partial charge < -0.3 is 4.74 Å². The number of pyridine rings is 1. The van der Waals surface area contributed by atoms with Gasteiger partial charge in [0.2, 0.25) is 0 Å². The van der Waals surface area contributed by atoms with E-state index in [1.165, 1.54) is 18.5 Å². The highest BCUT2D eigenvalue weighted by molar-refractivity contribution is 6.33. The van der Waals surface area contributed by atoms with E-state index < -0.39 is 5.97 Å². The van der Waals surface area contributed by atoms with Crippen molar-refractivity contribution in [2.75, 3.05) is 0 Å². The number of benzene rings is 1. The highest BCUT2D eigenvalue weighted by atomic mass is 35.5. The number of carbonyl (C=O) groups is 1. The number of fused-ring (bicyclic) bond motifs is 1. The SMILES string of the molecule is O=C(Oc1ccc2cn[nH]c2c1)c1ccncc1Cl. The summed E-state index contributed by atoms with van der Waals surface area (Å²) < 4.78 is 5.26. The number of nitrogens with one attached hydrogen (secondary N) is 1. The molecule has 0 aliphatic carbocycles. The van der Waals surface area contributed by atoms with Crippen molar-refractivity contribution < 1.29 is 9.53 Å². The number of hydrogen-bond acceptors (Lipinski definition) is 4. The predicted molar refractivity (Wildman–Crippen MR) is 70.3 cm³/mol. The third kappa shape index (κ3) is 2.28. The monoisotopic (exact) mass is 273 g/mol. The number of esters is 1. The maximum atomic E-state index is 11.9. The van der Waals surface area contributed by atoms with Gasteiger partial charge in [0.25, 0.3) is 0 Å². The smallest absolute Gasteiger partial charge is 0.345 e. The van der Waals surface area contributed by atoms with Gasteiger partial charge in [0.1, 0.15) is 5.75 Å². The van der Waals surface area contributed by atoms with Crippen LogP contribution in [0, 0.1) is 0 Å². The lowest BCUT2D eigenvalue weighted by Gasteiger charge is -2.05. The van der Waals surface area contributed by atoms with E-state index in [1.54, 1.807) is 18.3 Å². The highest BCUT2D eigenvalue weighted by Crippen LogP contribution is 2.21. The van der Waals surface area contributed by atoms with Crippen LogP contribution in [0.25, 0.3) is 10.9 Å². The summed E-state index contributed by atoms with van der Waals surface area (Å²) in [7, 11) is 0. The fourth-order valence-corrected chi connectivity index (χ4v) is 1.88. The number of aromatic amines is 1. The van der Waals surface area contributed by atoms with Gasteiger partial charge >= 0.3 is 5.97 Å². The van der Waals surface area contributed by atoms with Crippen LogP contribution in [0.5, 0.6) is 5.75 Å². The van der Waals surface area contributed by atoms with Gasteiger partial charge in [0, 0.05) is 23.8 Å². The van der Waals surface area contributed by atoms with E-state index >= 15 is 0 Å². The molecule has 0 spiro atoms. The minimum absolute atomic E-state index is 0.259. The number of ether oxygens (including phenoxy) is 1. The zero-order valence-electron chi connectivity index (χ0n) is 9.63. The quantitative estimate of drug-likeness (QED) is 0.576. The molecule has 0 saturated heterocycles. The van der Waals surface area contributed by atoms with Crippen molar-refractivity contribution in [3.8, 4) is 5.75 Å². The summed E-state index contributed by atoms with van der Waals surface area (Å²) in [4.78, 5) is 15.8. The topological polar surface area (TPSA) is 67.9 Å². The highest BCUT2D eigenvalue weighted by Gasteiger charge is 2.12. The molecule has 0 unspecified atom stereocenters. The Hall–Kier alpha value is -2.40. The number of rotatable bonds is 2. The average Bonchev–Trinajstić information content (AvgIpc) is 2.86. The van der Waals surface area contributed by atoms with Crippen LogP contribution < -0.4 is 4.74 Å². The molecule has 0 amide bonds. The molecule has 2 heterocycles. The van der Waals surface area contributed by atoms with E-state index in [0.29, 0.717) is 5.75 Å². The summed E-state index contributed by atoms with van der Waals surface area (Å²) in [6.07, 6.45) is 4.58. The number of H-pyrrole nitrogens is 1. The van der Waals surface area contributed by atoms with Crippen molar-refractivity contribution in [1.82, 2.24) is 15.2 Å². The Morgan fingerprint density at radius 2 is 2.16 bits per heavy atom. The molecule has 0 aliphatic heterocycles. The average molecular weight is 274 g/mol. The molecule has 5 nitrogen and oxygen atoms in total. The number of nitrogens with zero attached hydrogens (tertiary/aromatic N) is 2. The van der Waals surface area contributed by atoms with Crippen LogP contribution in [0.4, 0.5) is 0 Å². The van der Waals surface area contributed by atoms with Gasteiger partial charge in [-0.25, -0.2) is 4.79 Å². The number of halogens is 1. The van der Waals surface area contributed by atoms with E-state index in [0.717, 1.165) is 10.9 Å². The molecule has 2 aromatic heterocycles. The second-order valence-corrected chi connectivity index (χ2v) is 4.27. The van der Waals surface area contributed by atoms with Crippen molar-refractivity contribution in [2.24, 2.45) is 0 Å². The maximum Gasteiger partial charge on any atom is 0.345 e. The Morgan fingerprint density at radius 1 is 1.26 bits per heavy atom. The first-order valence-electron chi connectivity index (χ1n) is 5.49. The van der Waals surface area contributed by atoms with Gasteiger partial charge in [-0.15, -0.1) is 0 Å². The van der Waals surface area contributed by atoms with E-state index in [2.05, 4.69) is 15.2 Å². The zero-order valence-corrected chi connectivity index (χ0v) is 10.4. The van der Waals surface area contributed by atoms with Crippen LogP contribution in [0.3, 0.4) is 0 Å². The fourth-order valence-electron chi connectivity index (χ4n) is 1.68. The second-order valence-electron chi connectivity index (χ2n) is 3.86. The molecule has 0 fully saturated rings. The van der Waals surface area contributed by atoms with Crippen LogP contribution in [-0.2, 0) is 0 Å². The Balaban J connectivity index is 1.88. The summed E-state index contributed by atoms with van der Waals surface area (Å²) in [5, 5.41) is 7.91. The zero-order chi connectivity index (χ0) is 13.2. The van der Waals surface area contributed by atoms with Crippen molar-refractivity contribution in [3.05, 3.63) is 53.4 Å². The van der Waals surface area contributed by atoms with Gasteiger partial charge in [0.05, 0.1) is 22.3 Å². The predicted octanol–water partition coefficient (Wildman–Crippen LogP) is 2.83. The normalized spacial score (nSPS) is 10.6.